The minimum atomic E-state index is -3.98. The van der Waals surface area contributed by atoms with E-state index in [9.17, 15) is 18.0 Å². The molecule has 1 aliphatic carbocycles. The molecule has 9 nitrogen and oxygen atoms in total. The zero-order chi connectivity index (χ0) is 27.4. The fourth-order valence-corrected chi connectivity index (χ4v) is 7.35. The van der Waals surface area contributed by atoms with Crippen LogP contribution in [-0.2, 0) is 37.2 Å². The second-order valence-corrected chi connectivity index (χ2v) is 12.7. The topological polar surface area (TPSA) is 108 Å². The van der Waals surface area contributed by atoms with Crippen molar-refractivity contribution in [3.05, 3.63) is 64.2 Å². The normalized spacial score (nSPS) is 22.6. The van der Waals surface area contributed by atoms with Gasteiger partial charge in [0.2, 0.25) is 21.8 Å². The summed E-state index contributed by atoms with van der Waals surface area (Å²) in [4.78, 5) is 28.4. The molecule has 2 aromatic rings. The number of nitrogens with zero attached hydrogens (tertiary/aromatic N) is 2. The Morgan fingerprint density at radius 1 is 1.10 bits per heavy atom. The lowest BCUT2D eigenvalue weighted by Crippen LogP contribution is -2.58. The minimum Gasteiger partial charge on any atom is -0.379 e. The van der Waals surface area contributed by atoms with Crippen molar-refractivity contribution in [2.45, 2.75) is 49.1 Å². The van der Waals surface area contributed by atoms with Gasteiger partial charge >= 0.3 is 0 Å². The van der Waals surface area contributed by atoms with Crippen LogP contribution in [0.2, 0.25) is 5.02 Å². The number of aryl methyl sites for hydroxylation is 1. The van der Waals surface area contributed by atoms with E-state index in [0.29, 0.717) is 5.02 Å². The third kappa shape index (κ3) is 6.63. The molecule has 0 aromatic heterocycles. The van der Waals surface area contributed by atoms with E-state index in [-0.39, 0.29) is 36.4 Å². The van der Waals surface area contributed by atoms with E-state index in [4.69, 9.17) is 16.3 Å². The number of fused-ring (bicyclic) bond motifs is 1. The van der Waals surface area contributed by atoms with Crippen molar-refractivity contribution in [2.24, 2.45) is 0 Å². The molecule has 2 fully saturated rings. The lowest BCUT2D eigenvalue weighted by molar-refractivity contribution is -0.132. The van der Waals surface area contributed by atoms with Crippen LogP contribution in [-0.4, -0.2) is 81.4 Å². The molecular formula is C28H35ClN4O5S. The molecule has 0 radical (unpaired) electrons. The Balaban J connectivity index is 1.24. The number of carbonyl (C=O) groups excluding carboxylic acids is 2. The van der Waals surface area contributed by atoms with Gasteiger partial charge in [0.15, 0.2) is 0 Å². The quantitative estimate of drug-likeness (QED) is 0.501. The van der Waals surface area contributed by atoms with Crippen LogP contribution in [0.3, 0.4) is 0 Å². The molecule has 210 valence electrons. The van der Waals surface area contributed by atoms with Gasteiger partial charge in [0, 0.05) is 37.7 Å². The number of ether oxygens (including phenoxy) is 1. The number of rotatable bonds is 8. The number of carbonyl (C=O) groups is 2. The van der Waals surface area contributed by atoms with Gasteiger partial charge in [0.1, 0.15) is 6.04 Å². The number of nitrogens with one attached hydrogen (secondary N) is 2. The molecule has 2 heterocycles. The van der Waals surface area contributed by atoms with Crippen LogP contribution in [0, 0.1) is 0 Å². The maximum atomic E-state index is 13.3. The highest BCUT2D eigenvalue weighted by atomic mass is 35.5. The molecule has 2 N–H and O–H groups in total. The van der Waals surface area contributed by atoms with Gasteiger partial charge in [0.25, 0.3) is 0 Å². The molecule has 2 amide bonds. The van der Waals surface area contributed by atoms with E-state index in [1.165, 1.54) is 35.4 Å². The van der Waals surface area contributed by atoms with Crippen LogP contribution < -0.4 is 10.6 Å². The van der Waals surface area contributed by atoms with Crippen LogP contribution in [0.1, 0.15) is 42.0 Å². The molecule has 3 aliphatic rings. The Bertz CT molecular complexity index is 1300. The maximum absolute atomic E-state index is 13.3. The first-order valence-corrected chi connectivity index (χ1v) is 15.4. The van der Waals surface area contributed by atoms with E-state index >= 15 is 0 Å². The van der Waals surface area contributed by atoms with E-state index in [1.807, 2.05) is 0 Å². The molecule has 0 unspecified atom stereocenters. The van der Waals surface area contributed by atoms with Gasteiger partial charge in [0.05, 0.1) is 30.6 Å². The van der Waals surface area contributed by atoms with Crippen LogP contribution in [0.5, 0.6) is 0 Å². The van der Waals surface area contributed by atoms with Crippen molar-refractivity contribution in [1.29, 1.82) is 0 Å². The fraction of sp³-hybridized carbons (Fsp3) is 0.500. The molecule has 2 aliphatic heterocycles. The van der Waals surface area contributed by atoms with Gasteiger partial charge < -0.3 is 15.4 Å². The number of hydrogen-bond donors (Lipinski definition) is 2. The van der Waals surface area contributed by atoms with Crippen molar-refractivity contribution in [1.82, 2.24) is 19.8 Å². The van der Waals surface area contributed by atoms with Gasteiger partial charge in [-0.2, -0.15) is 4.31 Å². The molecule has 39 heavy (non-hydrogen) atoms. The number of amides is 2. The molecule has 0 saturated carbocycles. The number of benzene rings is 2. The smallest absolute Gasteiger partial charge is 0.243 e. The molecule has 2 aromatic carbocycles. The van der Waals surface area contributed by atoms with Gasteiger partial charge in [-0.15, -0.1) is 0 Å². The summed E-state index contributed by atoms with van der Waals surface area (Å²) >= 11 is 5.92. The standard InChI is InChI=1S/C28H35ClN4O5S/c29-22-5-7-23(8-6-22)39(36,37)33-13-11-30-28(35)26(33)19-27(34)31-25-3-1-2-21-18-20(4-9-24(21)25)10-12-32-14-16-38-17-15-32/h4-9,18,25-26H,1-3,10-17,19H2,(H,30,35)(H,31,34)/t25-,26-/m1/s1. The lowest BCUT2D eigenvalue weighted by Gasteiger charge is -2.34. The summed E-state index contributed by atoms with van der Waals surface area (Å²) in [6, 6.07) is 11.0. The van der Waals surface area contributed by atoms with Crippen molar-refractivity contribution in [2.75, 3.05) is 45.9 Å². The first-order chi connectivity index (χ1) is 18.8. The van der Waals surface area contributed by atoms with Crippen LogP contribution in [0.25, 0.3) is 0 Å². The van der Waals surface area contributed by atoms with Gasteiger partial charge in [-0.25, -0.2) is 8.42 Å². The average Bonchev–Trinajstić information content (AvgIpc) is 2.94. The zero-order valence-electron chi connectivity index (χ0n) is 21.9. The molecule has 2 atom stereocenters. The van der Waals surface area contributed by atoms with Crippen molar-refractivity contribution < 1.29 is 22.7 Å². The zero-order valence-corrected chi connectivity index (χ0v) is 23.5. The third-order valence-corrected chi connectivity index (χ3v) is 9.93. The number of morpholine rings is 1. The van der Waals surface area contributed by atoms with Gasteiger partial charge in [-0.05, 0) is 66.6 Å². The number of hydrogen-bond acceptors (Lipinski definition) is 6. The SMILES string of the molecule is O=C(C[C@@H]1C(=O)NCCN1S(=O)(=O)c1ccc(Cl)cc1)N[C@@H]1CCCc2cc(CCN3CCOCC3)ccc21. The summed E-state index contributed by atoms with van der Waals surface area (Å²) in [5, 5.41) is 6.21. The summed E-state index contributed by atoms with van der Waals surface area (Å²) in [5.41, 5.74) is 3.63. The minimum absolute atomic E-state index is 0.0395. The van der Waals surface area contributed by atoms with Gasteiger partial charge in [-0.3, -0.25) is 14.5 Å². The highest BCUT2D eigenvalue weighted by Crippen LogP contribution is 2.31. The Morgan fingerprint density at radius 2 is 1.87 bits per heavy atom. The summed E-state index contributed by atoms with van der Waals surface area (Å²) in [5.74, 6) is -0.814. The predicted octanol–water partition coefficient (Wildman–Crippen LogP) is 2.29. The predicted molar refractivity (Wildman–Crippen MR) is 148 cm³/mol. The first-order valence-electron chi connectivity index (χ1n) is 13.6. The molecule has 2 saturated heterocycles. The summed E-state index contributed by atoms with van der Waals surface area (Å²) in [7, 11) is -3.98. The monoisotopic (exact) mass is 574 g/mol. The Kier molecular flexibility index (Phi) is 8.88. The molecule has 0 spiro atoms. The number of sulfonamides is 1. The van der Waals surface area contributed by atoms with Crippen LogP contribution in [0.15, 0.2) is 47.4 Å². The number of halogens is 1. The largest absolute Gasteiger partial charge is 0.379 e. The Hall–Kier alpha value is -2.50. The Labute approximate surface area is 234 Å². The van der Waals surface area contributed by atoms with Crippen LogP contribution in [0.4, 0.5) is 0 Å². The number of piperazine rings is 1. The maximum Gasteiger partial charge on any atom is 0.243 e. The summed E-state index contributed by atoms with van der Waals surface area (Å²) in [6.45, 7) is 4.80. The van der Waals surface area contributed by atoms with Crippen LogP contribution >= 0.6 is 11.6 Å². The lowest BCUT2D eigenvalue weighted by atomic mass is 9.86. The highest BCUT2D eigenvalue weighted by Gasteiger charge is 2.40. The van der Waals surface area contributed by atoms with E-state index in [1.54, 1.807) is 0 Å². The molecule has 11 heteroatoms. The summed E-state index contributed by atoms with van der Waals surface area (Å²) < 4.78 is 33.2. The fourth-order valence-electron chi connectivity index (χ4n) is 5.63. The van der Waals surface area contributed by atoms with Crippen molar-refractivity contribution in [3.8, 4) is 0 Å². The summed E-state index contributed by atoms with van der Waals surface area (Å²) in [6.07, 6.45) is 3.44. The van der Waals surface area contributed by atoms with Gasteiger partial charge in [-0.1, -0.05) is 29.8 Å². The first kappa shape index (κ1) is 28.0. The van der Waals surface area contributed by atoms with Crippen molar-refractivity contribution >= 4 is 33.4 Å². The second-order valence-electron chi connectivity index (χ2n) is 10.3. The van der Waals surface area contributed by atoms with E-state index in [2.05, 4.69) is 33.7 Å². The Morgan fingerprint density at radius 3 is 2.64 bits per heavy atom. The average molecular weight is 575 g/mol. The second kappa shape index (κ2) is 12.3. The molecule has 5 rings (SSSR count). The molecule has 0 bridgehead atoms. The third-order valence-electron chi connectivity index (χ3n) is 7.76. The highest BCUT2D eigenvalue weighted by molar-refractivity contribution is 7.89. The molecular weight excluding hydrogens is 540 g/mol. The van der Waals surface area contributed by atoms with Crippen molar-refractivity contribution in [3.63, 3.8) is 0 Å². The van der Waals surface area contributed by atoms with E-state index in [0.717, 1.165) is 68.4 Å². The van der Waals surface area contributed by atoms with E-state index < -0.39 is 22.0 Å².